The maximum Gasteiger partial charge on any atom is 0.0537 e. The topological polar surface area (TPSA) is 17.0 Å². The highest BCUT2D eigenvalue weighted by molar-refractivity contribution is 5.94. The third kappa shape index (κ3) is 2.51. The Bertz CT molecular complexity index is 1090. The third-order valence-electron chi connectivity index (χ3n) is 5.06. The van der Waals surface area contributed by atoms with Crippen molar-refractivity contribution in [3.8, 4) is 5.69 Å². The van der Waals surface area contributed by atoms with E-state index in [0.717, 1.165) is 18.5 Å². The number of fused-ring (bicyclic) bond motifs is 3. The molecule has 0 spiro atoms. The van der Waals surface area contributed by atoms with E-state index < -0.39 is 0 Å². The van der Waals surface area contributed by atoms with E-state index in [2.05, 4.69) is 94.8 Å². The summed E-state index contributed by atoms with van der Waals surface area (Å²) in [5, 5.41) is 4.91. The molecule has 0 radical (unpaired) electrons. The fourth-order valence-corrected chi connectivity index (χ4v) is 3.90. The highest BCUT2D eigenvalue weighted by Crippen LogP contribution is 2.35. The van der Waals surface area contributed by atoms with E-state index in [0.29, 0.717) is 0 Å². The highest BCUT2D eigenvalue weighted by atomic mass is 15.0. The van der Waals surface area contributed by atoms with Gasteiger partial charge in [-0.2, -0.15) is 0 Å². The highest BCUT2D eigenvalue weighted by Gasteiger charge is 2.20. The average Bonchev–Trinajstić information content (AvgIpc) is 3.03. The fraction of sp³-hybridized carbons (Fsp3) is 0.0833. The summed E-state index contributed by atoms with van der Waals surface area (Å²) in [6.07, 6.45) is 4.38. The predicted octanol–water partition coefficient (Wildman–Crippen LogP) is 6.03. The number of hydrogen-bond acceptors (Lipinski definition) is 1. The summed E-state index contributed by atoms with van der Waals surface area (Å²) < 4.78 is 2.42. The van der Waals surface area contributed by atoms with Gasteiger partial charge in [-0.3, -0.25) is 0 Å². The van der Waals surface area contributed by atoms with Crippen LogP contribution >= 0.6 is 0 Å². The minimum absolute atomic E-state index is 1.02. The molecule has 0 unspecified atom stereocenters. The van der Waals surface area contributed by atoms with E-state index in [1.165, 1.54) is 33.5 Å². The lowest BCUT2D eigenvalue weighted by Gasteiger charge is -2.18. The minimum Gasteiger partial charge on any atom is -0.359 e. The molecule has 0 saturated heterocycles. The number of anilines is 1. The van der Waals surface area contributed by atoms with Crippen molar-refractivity contribution in [2.24, 2.45) is 0 Å². The molecule has 1 aliphatic carbocycles. The van der Waals surface area contributed by atoms with E-state index in [1.54, 1.807) is 0 Å². The number of para-hydroxylation sites is 3. The molecule has 26 heavy (non-hydrogen) atoms. The van der Waals surface area contributed by atoms with Gasteiger partial charge in [0.2, 0.25) is 0 Å². The van der Waals surface area contributed by atoms with Crippen LogP contribution in [0.4, 0.5) is 5.69 Å². The first-order chi connectivity index (χ1) is 12.9. The molecule has 126 valence electrons. The van der Waals surface area contributed by atoms with Gasteiger partial charge in [-0.1, -0.05) is 54.6 Å². The van der Waals surface area contributed by atoms with Gasteiger partial charge < -0.3 is 9.88 Å². The SMILES string of the molecule is C1=C(Nc2ccccc2)CCc2c1c1ccccc1n2-c1ccccc1. The van der Waals surface area contributed by atoms with Gasteiger partial charge in [0.25, 0.3) is 0 Å². The maximum atomic E-state index is 3.59. The second kappa shape index (κ2) is 6.23. The molecule has 1 N–H and O–H groups in total. The molecule has 2 heteroatoms. The van der Waals surface area contributed by atoms with Crippen LogP contribution in [0.5, 0.6) is 0 Å². The van der Waals surface area contributed by atoms with E-state index >= 15 is 0 Å². The van der Waals surface area contributed by atoms with Gasteiger partial charge in [0, 0.05) is 33.7 Å². The number of nitrogens with zero attached hydrogens (tertiary/aromatic N) is 1. The first-order valence-electron chi connectivity index (χ1n) is 9.10. The van der Waals surface area contributed by atoms with Crippen LogP contribution in [0.3, 0.4) is 0 Å². The average molecular weight is 336 g/mol. The summed E-state index contributed by atoms with van der Waals surface area (Å²) in [4.78, 5) is 0. The molecule has 0 fully saturated rings. The van der Waals surface area contributed by atoms with Crippen LogP contribution in [-0.4, -0.2) is 4.57 Å². The van der Waals surface area contributed by atoms with Gasteiger partial charge >= 0.3 is 0 Å². The standard InChI is InChI=1S/C24H20N2/c1-3-9-18(10-4-1)25-19-15-16-24-22(17-19)21-13-7-8-14-23(21)26(24)20-11-5-2-6-12-20/h1-14,17,25H,15-16H2. The lowest BCUT2D eigenvalue weighted by atomic mass is 9.99. The summed E-state index contributed by atoms with van der Waals surface area (Å²) in [6, 6.07) is 29.8. The number of hydrogen-bond donors (Lipinski definition) is 1. The molecular formula is C24H20N2. The van der Waals surface area contributed by atoms with Gasteiger partial charge in [0.15, 0.2) is 0 Å². The summed E-state index contributed by atoms with van der Waals surface area (Å²) >= 11 is 0. The Balaban J connectivity index is 1.66. The Morgan fingerprint density at radius 2 is 1.38 bits per heavy atom. The number of rotatable bonds is 3. The molecule has 0 atom stereocenters. The van der Waals surface area contributed by atoms with Gasteiger partial charge in [-0.25, -0.2) is 0 Å². The summed E-state index contributed by atoms with van der Waals surface area (Å²) in [5.41, 5.74) is 7.68. The minimum atomic E-state index is 1.02. The Morgan fingerprint density at radius 1 is 0.692 bits per heavy atom. The van der Waals surface area contributed by atoms with Crippen molar-refractivity contribution < 1.29 is 0 Å². The van der Waals surface area contributed by atoms with Crippen molar-refractivity contribution in [2.75, 3.05) is 5.32 Å². The molecule has 0 amide bonds. The third-order valence-corrected chi connectivity index (χ3v) is 5.06. The summed E-state index contributed by atoms with van der Waals surface area (Å²) in [5.74, 6) is 0. The molecule has 1 aromatic heterocycles. The fourth-order valence-electron chi connectivity index (χ4n) is 3.90. The second-order valence-electron chi connectivity index (χ2n) is 6.71. The van der Waals surface area contributed by atoms with Gasteiger partial charge in [-0.05, 0) is 49.2 Å². The van der Waals surface area contributed by atoms with Crippen LogP contribution in [0.25, 0.3) is 22.7 Å². The van der Waals surface area contributed by atoms with E-state index in [1.807, 2.05) is 6.07 Å². The molecule has 4 aromatic rings. The van der Waals surface area contributed by atoms with Gasteiger partial charge in [0.05, 0.1) is 5.52 Å². The quantitative estimate of drug-likeness (QED) is 0.483. The Hall–Kier alpha value is -3.26. The molecule has 2 nitrogen and oxygen atoms in total. The van der Waals surface area contributed by atoms with Crippen LogP contribution in [0.15, 0.2) is 90.6 Å². The molecule has 5 rings (SSSR count). The predicted molar refractivity (Wildman–Crippen MR) is 110 cm³/mol. The zero-order chi connectivity index (χ0) is 17.3. The van der Waals surface area contributed by atoms with Crippen molar-refractivity contribution in [1.82, 2.24) is 4.57 Å². The Morgan fingerprint density at radius 3 is 2.19 bits per heavy atom. The molecular weight excluding hydrogens is 316 g/mol. The lowest BCUT2D eigenvalue weighted by Crippen LogP contribution is -2.09. The van der Waals surface area contributed by atoms with Crippen molar-refractivity contribution in [3.63, 3.8) is 0 Å². The van der Waals surface area contributed by atoms with E-state index in [9.17, 15) is 0 Å². The molecule has 0 bridgehead atoms. The maximum absolute atomic E-state index is 3.59. The lowest BCUT2D eigenvalue weighted by molar-refractivity contribution is 0.859. The molecule has 1 aliphatic rings. The van der Waals surface area contributed by atoms with Crippen LogP contribution in [0.2, 0.25) is 0 Å². The zero-order valence-electron chi connectivity index (χ0n) is 14.5. The van der Waals surface area contributed by atoms with Crippen LogP contribution in [0.1, 0.15) is 17.7 Å². The van der Waals surface area contributed by atoms with Crippen molar-refractivity contribution >= 4 is 22.7 Å². The molecule has 1 heterocycles. The number of nitrogens with one attached hydrogen (secondary N) is 1. The van der Waals surface area contributed by atoms with Gasteiger partial charge in [-0.15, -0.1) is 0 Å². The van der Waals surface area contributed by atoms with Crippen molar-refractivity contribution in [3.05, 3.63) is 102 Å². The Kier molecular flexibility index (Phi) is 3.60. The molecule has 3 aromatic carbocycles. The second-order valence-corrected chi connectivity index (χ2v) is 6.71. The van der Waals surface area contributed by atoms with Gasteiger partial charge in [0.1, 0.15) is 0 Å². The van der Waals surface area contributed by atoms with Crippen LogP contribution in [-0.2, 0) is 6.42 Å². The number of aromatic nitrogens is 1. The first kappa shape index (κ1) is 15.0. The largest absolute Gasteiger partial charge is 0.359 e. The molecule has 0 saturated carbocycles. The Labute approximate surface area is 153 Å². The van der Waals surface area contributed by atoms with Crippen molar-refractivity contribution in [1.29, 1.82) is 0 Å². The van der Waals surface area contributed by atoms with Crippen LogP contribution in [0, 0.1) is 0 Å². The number of allylic oxidation sites excluding steroid dienone is 1. The van der Waals surface area contributed by atoms with E-state index in [4.69, 9.17) is 0 Å². The summed E-state index contributed by atoms with van der Waals surface area (Å²) in [7, 11) is 0. The van der Waals surface area contributed by atoms with Crippen molar-refractivity contribution in [2.45, 2.75) is 12.8 Å². The zero-order valence-corrected chi connectivity index (χ0v) is 14.5. The smallest absolute Gasteiger partial charge is 0.0537 e. The normalized spacial score (nSPS) is 13.3. The van der Waals surface area contributed by atoms with Crippen LogP contribution < -0.4 is 5.32 Å². The molecule has 0 aliphatic heterocycles. The number of benzene rings is 3. The summed E-state index contributed by atoms with van der Waals surface area (Å²) in [6.45, 7) is 0. The monoisotopic (exact) mass is 336 g/mol. The van der Waals surface area contributed by atoms with E-state index in [-0.39, 0.29) is 0 Å². The first-order valence-corrected chi connectivity index (χ1v) is 9.10.